The molecule has 1 fully saturated rings. The zero-order valence-electron chi connectivity index (χ0n) is 27.0. The van der Waals surface area contributed by atoms with Gasteiger partial charge in [-0.2, -0.15) is 0 Å². The second kappa shape index (κ2) is 12.8. The Morgan fingerprint density at radius 1 is 1.17 bits per heavy atom. The van der Waals surface area contributed by atoms with Gasteiger partial charge in [0.2, 0.25) is 5.78 Å². The number of benzene rings is 2. The molecule has 0 radical (unpaired) electrons. The molecule has 250 valence electrons. The Morgan fingerprint density at radius 2 is 1.91 bits per heavy atom. The molecule has 11 nitrogen and oxygen atoms in total. The number of primary amides is 1. The van der Waals surface area contributed by atoms with Crippen molar-refractivity contribution >= 4 is 17.5 Å². The number of ether oxygens (including phenoxy) is 2. The number of aliphatic hydroxyl groups excluding tert-OH is 2. The molecule has 0 aromatic heterocycles. The van der Waals surface area contributed by atoms with Gasteiger partial charge in [0.15, 0.2) is 11.4 Å². The predicted molar refractivity (Wildman–Crippen MR) is 173 cm³/mol. The number of rotatable bonds is 10. The number of amides is 1. The van der Waals surface area contributed by atoms with Crippen molar-refractivity contribution in [3.63, 3.8) is 0 Å². The molecular formula is C36H43N3O8. The number of methoxy groups -OCH3 is 1. The van der Waals surface area contributed by atoms with E-state index in [9.17, 15) is 29.7 Å². The summed E-state index contributed by atoms with van der Waals surface area (Å²) in [6.07, 6.45) is 2.90. The summed E-state index contributed by atoms with van der Waals surface area (Å²) in [4.78, 5) is 43.1. The number of Topliss-reactive ketones (excluding diaryl/α,β-unsaturated/α-hetero) is 2. The SMILES string of the molecule is CCCN[C@@H]1C(O)=C(C(N)=O)C(=O)[C@@]2(O)C(O)=C3C(=O)c4c(OCc5ccccc5)cc([C@@H]5CCCN5CC)c(OC)c4C[C@H]3C[C@@H]12. The third-order valence-corrected chi connectivity index (χ3v) is 10.3. The number of allylic oxidation sites excluding steroid dienone is 1. The highest BCUT2D eigenvalue weighted by Crippen LogP contribution is 2.54. The molecule has 1 aliphatic heterocycles. The fourth-order valence-electron chi connectivity index (χ4n) is 8.17. The zero-order chi connectivity index (χ0) is 33.6. The van der Waals surface area contributed by atoms with E-state index in [2.05, 4.69) is 17.1 Å². The summed E-state index contributed by atoms with van der Waals surface area (Å²) >= 11 is 0. The van der Waals surface area contributed by atoms with Crippen molar-refractivity contribution in [2.75, 3.05) is 26.7 Å². The first-order valence-electron chi connectivity index (χ1n) is 16.4. The standard InChI is InChI=1S/C36H43N3O8/c1-4-13-38-29-23-16-20-15-22-27(30(40)26(20)33(42)36(23,45)34(43)28(31(29)41)35(37)44)25(47-18-19-10-7-6-8-11-19)17-21(32(22)46-3)24-12-9-14-39(24)5-2/h6-8,10-11,17,20,23-24,29,38,41-42,45H,4-5,9,12-16,18H2,1-3H3,(H2,37,44)/t20-,23-,24-,29-,36-/m0/s1. The summed E-state index contributed by atoms with van der Waals surface area (Å²) in [6, 6.07) is 10.4. The molecule has 6 rings (SSSR count). The fraction of sp³-hybridized carbons (Fsp3) is 0.472. The average Bonchev–Trinajstić information content (AvgIpc) is 3.54. The molecule has 0 spiro atoms. The van der Waals surface area contributed by atoms with Gasteiger partial charge in [-0.05, 0) is 69.3 Å². The Balaban J connectivity index is 1.52. The van der Waals surface area contributed by atoms with Crippen LogP contribution in [-0.4, -0.2) is 76.1 Å². The summed E-state index contributed by atoms with van der Waals surface area (Å²) < 4.78 is 12.5. The molecule has 5 atom stereocenters. The minimum absolute atomic E-state index is 0.0579. The second-order valence-electron chi connectivity index (χ2n) is 12.9. The number of nitrogens with two attached hydrogens (primary N) is 1. The minimum atomic E-state index is -2.65. The number of carbonyl (C=O) groups is 3. The van der Waals surface area contributed by atoms with Crippen LogP contribution in [0.1, 0.15) is 72.6 Å². The molecule has 1 amide bonds. The van der Waals surface area contributed by atoms with E-state index in [1.807, 2.05) is 43.3 Å². The highest BCUT2D eigenvalue weighted by atomic mass is 16.5. The molecule has 0 unspecified atom stereocenters. The molecule has 6 N–H and O–H groups in total. The summed E-state index contributed by atoms with van der Waals surface area (Å²) in [5, 5.41) is 38.1. The van der Waals surface area contributed by atoms with E-state index in [4.69, 9.17) is 15.2 Å². The van der Waals surface area contributed by atoms with Crippen molar-refractivity contribution in [1.29, 1.82) is 0 Å². The van der Waals surface area contributed by atoms with E-state index in [-0.39, 0.29) is 36.6 Å². The molecule has 0 bridgehead atoms. The van der Waals surface area contributed by atoms with Gasteiger partial charge in [-0.1, -0.05) is 44.2 Å². The summed E-state index contributed by atoms with van der Waals surface area (Å²) in [7, 11) is 1.58. The molecule has 1 saturated heterocycles. The smallest absolute Gasteiger partial charge is 0.255 e. The Labute approximate surface area is 274 Å². The van der Waals surface area contributed by atoms with Crippen LogP contribution in [0.25, 0.3) is 0 Å². The van der Waals surface area contributed by atoms with Crippen LogP contribution in [-0.2, 0) is 22.6 Å². The highest BCUT2D eigenvalue weighted by molar-refractivity contribution is 6.24. The molecule has 47 heavy (non-hydrogen) atoms. The first-order chi connectivity index (χ1) is 22.6. The number of hydrogen-bond acceptors (Lipinski definition) is 10. The van der Waals surface area contributed by atoms with E-state index in [1.165, 1.54) is 0 Å². The van der Waals surface area contributed by atoms with Gasteiger partial charge in [-0.3, -0.25) is 19.3 Å². The summed E-state index contributed by atoms with van der Waals surface area (Å²) in [6.45, 7) is 6.38. The van der Waals surface area contributed by atoms with Gasteiger partial charge >= 0.3 is 0 Å². The topological polar surface area (TPSA) is 172 Å². The van der Waals surface area contributed by atoms with Crippen LogP contribution in [0.5, 0.6) is 11.5 Å². The van der Waals surface area contributed by atoms with Crippen molar-refractivity contribution in [2.24, 2.45) is 17.6 Å². The van der Waals surface area contributed by atoms with Gasteiger partial charge in [-0.15, -0.1) is 0 Å². The van der Waals surface area contributed by atoms with Crippen LogP contribution < -0.4 is 20.5 Å². The summed E-state index contributed by atoms with van der Waals surface area (Å²) in [5.41, 5.74) is 4.61. The molecule has 2 aromatic rings. The maximum Gasteiger partial charge on any atom is 0.255 e. The lowest BCUT2D eigenvalue weighted by atomic mass is 9.58. The quantitative estimate of drug-likeness (QED) is 0.241. The largest absolute Gasteiger partial charge is 0.510 e. The van der Waals surface area contributed by atoms with Gasteiger partial charge in [0.05, 0.1) is 18.7 Å². The maximum absolute atomic E-state index is 14.6. The lowest BCUT2D eigenvalue weighted by molar-refractivity contribution is -0.146. The third-order valence-electron chi connectivity index (χ3n) is 10.3. The van der Waals surface area contributed by atoms with Crippen molar-refractivity contribution in [1.82, 2.24) is 10.2 Å². The van der Waals surface area contributed by atoms with Crippen LogP contribution in [0.4, 0.5) is 0 Å². The Morgan fingerprint density at radius 3 is 2.57 bits per heavy atom. The first kappa shape index (κ1) is 32.7. The van der Waals surface area contributed by atoms with Gasteiger partial charge in [0, 0.05) is 28.7 Å². The van der Waals surface area contributed by atoms with Gasteiger partial charge in [0.25, 0.3) is 5.91 Å². The molecule has 0 saturated carbocycles. The van der Waals surface area contributed by atoms with Gasteiger partial charge in [-0.25, -0.2) is 0 Å². The van der Waals surface area contributed by atoms with E-state index >= 15 is 0 Å². The third kappa shape index (κ3) is 5.21. The van der Waals surface area contributed by atoms with Crippen molar-refractivity contribution < 1.29 is 39.2 Å². The molecule has 2 aromatic carbocycles. The van der Waals surface area contributed by atoms with E-state index < -0.39 is 58.0 Å². The Kier molecular flexibility index (Phi) is 8.90. The molecule has 1 heterocycles. The molecule has 11 heteroatoms. The van der Waals surface area contributed by atoms with Crippen LogP contribution in [0.15, 0.2) is 59.1 Å². The van der Waals surface area contributed by atoms with E-state index in [0.29, 0.717) is 30.0 Å². The van der Waals surface area contributed by atoms with Crippen molar-refractivity contribution in [3.05, 3.63) is 81.3 Å². The van der Waals surface area contributed by atoms with Crippen molar-refractivity contribution in [2.45, 2.75) is 70.2 Å². The van der Waals surface area contributed by atoms with Gasteiger partial charge < -0.3 is 35.8 Å². The second-order valence-corrected chi connectivity index (χ2v) is 12.9. The molecular weight excluding hydrogens is 602 g/mol. The highest BCUT2D eigenvalue weighted by Gasteiger charge is 2.63. The maximum atomic E-state index is 14.6. The summed E-state index contributed by atoms with van der Waals surface area (Å²) in [5.74, 6) is -5.22. The number of ketones is 2. The monoisotopic (exact) mass is 645 g/mol. The van der Waals surface area contributed by atoms with Crippen LogP contribution in [0.2, 0.25) is 0 Å². The number of hydrogen-bond donors (Lipinski definition) is 5. The number of likely N-dealkylation sites (tertiary alicyclic amines) is 1. The van der Waals surface area contributed by atoms with Gasteiger partial charge in [0.1, 0.15) is 35.2 Å². The predicted octanol–water partition coefficient (Wildman–Crippen LogP) is 3.60. The molecule has 4 aliphatic rings. The van der Waals surface area contributed by atoms with Crippen LogP contribution in [0, 0.1) is 11.8 Å². The average molecular weight is 646 g/mol. The van der Waals surface area contributed by atoms with E-state index in [1.54, 1.807) is 7.11 Å². The zero-order valence-corrected chi connectivity index (χ0v) is 27.0. The Bertz CT molecular complexity index is 1670. The minimum Gasteiger partial charge on any atom is -0.510 e. The Hall–Kier alpha value is -4.19. The number of carbonyl (C=O) groups excluding carboxylic acids is 3. The first-order valence-corrected chi connectivity index (χ1v) is 16.4. The lowest BCUT2D eigenvalue weighted by Gasteiger charge is -2.49. The van der Waals surface area contributed by atoms with Crippen molar-refractivity contribution in [3.8, 4) is 11.5 Å². The van der Waals surface area contributed by atoms with E-state index in [0.717, 1.165) is 37.1 Å². The number of fused-ring (bicyclic) bond motifs is 3. The normalized spacial score (nSPS) is 27.4. The number of nitrogens with zero attached hydrogens (tertiary/aromatic N) is 1. The van der Waals surface area contributed by atoms with Crippen LogP contribution in [0.3, 0.4) is 0 Å². The fourth-order valence-corrected chi connectivity index (χ4v) is 8.17. The molecule has 3 aliphatic carbocycles. The van der Waals surface area contributed by atoms with Crippen LogP contribution >= 0.6 is 0 Å². The number of aliphatic hydroxyl groups is 3. The number of nitrogens with one attached hydrogen (secondary N) is 1. The lowest BCUT2D eigenvalue weighted by Crippen LogP contribution is -2.64.